The van der Waals surface area contributed by atoms with Gasteiger partial charge in [-0.25, -0.2) is 10.4 Å². The van der Waals surface area contributed by atoms with Crippen LogP contribution in [0.5, 0.6) is 0 Å². The third-order valence-corrected chi connectivity index (χ3v) is 3.96. The van der Waals surface area contributed by atoms with Crippen LogP contribution in [0, 0.1) is 10.1 Å². The first-order valence-electron chi connectivity index (χ1n) is 7.58. The predicted octanol–water partition coefficient (Wildman–Crippen LogP) is 1.39. The van der Waals surface area contributed by atoms with Crippen molar-refractivity contribution in [2.45, 2.75) is 12.5 Å². The molecule has 9 heteroatoms. The van der Waals surface area contributed by atoms with Crippen molar-refractivity contribution >= 4 is 23.5 Å². The normalized spacial score (nSPS) is 14.2. The molecule has 2 N–H and O–H groups in total. The van der Waals surface area contributed by atoms with Gasteiger partial charge in [-0.15, -0.1) is 0 Å². The van der Waals surface area contributed by atoms with E-state index in [1.165, 1.54) is 36.4 Å². The van der Waals surface area contributed by atoms with E-state index in [0.29, 0.717) is 10.6 Å². The van der Waals surface area contributed by atoms with Crippen molar-refractivity contribution in [3.63, 3.8) is 0 Å². The number of carbonyl (C=O) groups excluding carboxylic acids is 2. The van der Waals surface area contributed by atoms with Crippen molar-refractivity contribution in [2.24, 2.45) is 0 Å². The monoisotopic (exact) mass is 355 g/mol. The number of amides is 2. The maximum atomic E-state index is 12.3. The highest BCUT2D eigenvalue weighted by atomic mass is 16.6. The van der Waals surface area contributed by atoms with E-state index >= 15 is 0 Å². The largest absolute Gasteiger partial charge is 0.480 e. The van der Waals surface area contributed by atoms with Gasteiger partial charge < -0.3 is 5.11 Å². The fourth-order valence-corrected chi connectivity index (χ4v) is 2.64. The zero-order valence-corrected chi connectivity index (χ0v) is 13.3. The van der Waals surface area contributed by atoms with E-state index in [1.54, 1.807) is 12.1 Å². The van der Waals surface area contributed by atoms with E-state index in [4.69, 9.17) is 0 Å². The number of non-ortho nitro benzene ring substituents is 1. The number of hydrazine groups is 1. The Labute approximate surface area is 147 Å². The van der Waals surface area contributed by atoms with Gasteiger partial charge in [0.1, 0.15) is 6.04 Å². The topological polar surface area (TPSA) is 130 Å². The van der Waals surface area contributed by atoms with Crippen LogP contribution in [-0.2, 0) is 11.2 Å². The van der Waals surface area contributed by atoms with Crippen molar-refractivity contribution in [3.05, 3.63) is 75.3 Å². The van der Waals surface area contributed by atoms with E-state index in [2.05, 4.69) is 5.43 Å². The molecule has 0 aromatic heterocycles. The molecule has 0 aliphatic carbocycles. The van der Waals surface area contributed by atoms with Crippen LogP contribution < -0.4 is 5.43 Å². The van der Waals surface area contributed by atoms with Crippen LogP contribution in [0.1, 0.15) is 26.3 Å². The van der Waals surface area contributed by atoms with Crippen molar-refractivity contribution < 1.29 is 24.4 Å². The number of carboxylic acids is 1. The van der Waals surface area contributed by atoms with Crippen molar-refractivity contribution in [2.75, 3.05) is 0 Å². The number of nitro benzene ring substituents is 1. The summed E-state index contributed by atoms with van der Waals surface area (Å²) in [6.45, 7) is 0. The Morgan fingerprint density at radius 1 is 1.08 bits per heavy atom. The second kappa shape index (κ2) is 6.73. The fourth-order valence-electron chi connectivity index (χ4n) is 2.64. The third-order valence-electron chi connectivity index (χ3n) is 3.96. The summed E-state index contributed by atoms with van der Waals surface area (Å²) in [6.07, 6.45) is -0.0687. The Morgan fingerprint density at radius 2 is 1.62 bits per heavy atom. The van der Waals surface area contributed by atoms with E-state index in [0.717, 1.165) is 0 Å². The van der Waals surface area contributed by atoms with Crippen molar-refractivity contribution in [1.29, 1.82) is 0 Å². The molecule has 132 valence electrons. The molecular weight excluding hydrogens is 342 g/mol. The highest BCUT2D eigenvalue weighted by Gasteiger charge is 2.37. The van der Waals surface area contributed by atoms with Crippen LogP contribution in [0.15, 0.2) is 48.5 Å². The molecule has 1 aliphatic heterocycles. The van der Waals surface area contributed by atoms with Crippen LogP contribution in [-0.4, -0.2) is 38.9 Å². The Kier molecular flexibility index (Phi) is 4.46. The molecule has 1 heterocycles. The molecule has 2 aromatic rings. The molecule has 0 unspecified atom stereocenters. The number of nitro groups is 1. The van der Waals surface area contributed by atoms with Gasteiger partial charge in [0.15, 0.2) is 0 Å². The summed E-state index contributed by atoms with van der Waals surface area (Å²) in [6, 6.07) is 10.3. The quantitative estimate of drug-likeness (QED) is 0.455. The van der Waals surface area contributed by atoms with E-state index in [-0.39, 0.29) is 23.2 Å². The summed E-state index contributed by atoms with van der Waals surface area (Å²) < 4.78 is 0. The minimum absolute atomic E-state index is 0.0687. The number of nitrogens with one attached hydrogen (secondary N) is 1. The van der Waals surface area contributed by atoms with Gasteiger partial charge in [-0.2, -0.15) is 0 Å². The highest BCUT2D eigenvalue weighted by Crippen LogP contribution is 2.21. The standard InChI is InChI=1S/C17H13N3O6/c21-15-12-3-1-2-4-13(12)16(22)19(15)18-14(17(23)24)9-10-5-7-11(8-6-10)20(25)26/h1-8,14,18H,9H2,(H,23,24)/t14-/m0/s1. The maximum absolute atomic E-state index is 12.3. The van der Waals surface area contributed by atoms with Crippen LogP contribution in [0.25, 0.3) is 0 Å². The van der Waals surface area contributed by atoms with Crippen LogP contribution in [0.2, 0.25) is 0 Å². The summed E-state index contributed by atoms with van der Waals surface area (Å²) in [5, 5.41) is 20.8. The molecule has 2 aromatic carbocycles. The Bertz CT molecular complexity index is 874. The van der Waals surface area contributed by atoms with Gasteiger partial charge in [-0.1, -0.05) is 24.3 Å². The number of carboxylic acid groups (broad SMARTS) is 1. The maximum Gasteiger partial charge on any atom is 0.322 e. The zero-order chi connectivity index (χ0) is 18.8. The predicted molar refractivity (Wildman–Crippen MR) is 88.3 cm³/mol. The van der Waals surface area contributed by atoms with Gasteiger partial charge >= 0.3 is 5.97 Å². The summed E-state index contributed by atoms with van der Waals surface area (Å²) >= 11 is 0. The molecule has 0 saturated carbocycles. The molecule has 2 amide bonds. The van der Waals surface area contributed by atoms with Crippen LogP contribution in [0.3, 0.4) is 0 Å². The highest BCUT2D eigenvalue weighted by molar-refractivity contribution is 6.21. The van der Waals surface area contributed by atoms with Gasteiger partial charge in [-0.05, 0) is 17.7 Å². The lowest BCUT2D eigenvalue weighted by molar-refractivity contribution is -0.384. The fraction of sp³-hybridized carbons (Fsp3) is 0.118. The number of benzene rings is 2. The minimum Gasteiger partial charge on any atom is -0.480 e. The number of fused-ring (bicyclic) bond motifs is 1. The third kappa shape index (κ3) is 3.15. The molecule has 3 rings (SSSR count). The van der Waals surface area contributed by atoms with Gasteiger partial charge in [-0.3, -0.25) is 24.5 Å². The molecule has 1 aliphatic rings. The molecule has 0 radical (unpaired) electrons. The summed E-state index contributed by atoms with van der Waals surface area (Å²) in [5.41, 5.74) is 3.24. The Hall–Kier alpha value is -3.59. The molecule has 0 bridgehead atoms. The van der Waals surface area contributed by atoms with Crippen molar-refractivity contribution in [3.8, 4) is 0 Å². The molecule has 26 heavy (non-hydrogen) atoms. The van der Waals surface area contributed by atoms with Gasteiger partial charge in [0.2, 0.25) is 0 Å². The number of nitrogens with zero attached hydrogens (tertiary/aromatic N) is 2. The Balaban J connectivity index is 1.78. The zero-order valence-electron chi connectivity index (χ0n) is 13.3. The first kappa shape index (κ1) is 17.2. The van der Waals surface area contributed by atoms with E-state index in [1.807, 2.05) is 0 Å². The Morgan fingerprint density at radius 3 is 2.08 bits per heavy atom. The van der Waals surface area contributed by atoms with Crippen LogP contribution in [0.4, 0.5) is 5.69 Å². The van der Waals surface area contributed by atoms with Gasteiger partial charge in [0.25, 0.3) is 17.5 Å². The average molecular weight is 355 g/mol. The van der Waals surface area contributed by atoms with E-state index < -0.39 is 28.7 Å². The number of imide groups is 1. The number of aliphatic carboxylic acids is 1. The SMILES string of the molecule is O=C(O)[C@H](Cc1ccc([N+](=O)[O-])cc1)NN1C(=O)c2ccccc2C1=O. The summed E-state index contributed by atoms with van der Waals surface area (Å²) in [5.74, 6) is -2.51. The molecule has 0 fully saturated rings. The van der Waals surface area contributed by atoms with E-state index in [9.17, 15) is 29.6 Å². The first-order valence-corrected chi connectivity index (χ1v) is 7.58. The van der Waals surface area contributed by atoms with Crippen LogP contribution >= 0.6 is 0 Å². The molecule has 1 atom stereocenters. The number of rotatable bonds is 6. The summed E-state index contributed by atoms with van der Waals surface area (Å²) in [4.78, 5) is 46.3. The second-order valence-corrected chi connectivity index (χ2v) is 5.64. The first-order chi connectivity index (χ1) is 12.4. The number of carbonyl (C=O) groups is 3. The molecule has 9 nitrogen and oxygen atoms in total. The second-order valence-electron chi connectivity index (χ2n) is 5.64. The smallest absolute Gasteiger partial charge is 0.322 e. The molecule has 0 spiro atoms. The van der Waals surface area contributed by atoms with Gasteiger partial charge in [0.05, 0.1) is 16.1 Å². The minimum atomic E-state index is -1.27. The molecule has 0 saturated heterocycles. The lowest BCUT2D eigenvalue weighted by atomic mass is 10.1. The number of hydrogen-bond donors (Lipinski definition) is 2. The molecular formula is C17H13N3O6. The lowest BCUT2D eigenvalue weighted by Crippen LogP contribution is -2.52. The lowest BCUT2D eigenvalue weighted by Gasteiger charge is -2.21. The number of hydrogen-bond acceptors (Lipinski definition) is 6. The average Bonchev–Trinajstić information content (AvgIpc) is 2.86. The summed E-state index contributed by atoms with van der Waals surface area (Å²) in [7, 11) is 0. The van der Waals surface area contributed by atoms with Crippen molar-refractivity contribution in [1.82, 2.24) is 10.4 Å². The van der Waals surface area contributed by atoms with Gasteiger partial charge in [0, 0.05) is 18.6 Å².